The molecule has 0 bridgehead atoms. The first-order chi connectivity index (χ1) is 15.3. The molecule has 1 atom stereocenters. The molecule has 6 heterocycles. The molecule has 2 aliphatic heterocycles. The highest BCUT2D eigenvalue weighted by molar-refractivity contribution is 5.80. The van der Waals surface area contributed by atoms with Crippen molar-refractivity contribution in [2.75, 3.05) is 31.1 Å². The van der Waals surface area contributed by atoms with Gasteiger partial charge in [0.1, 0.15) is 17.0 Å². The number of hydrogen-bond acceptors (Lipinski definition) is 5. The fraction of sp³-hybridized carbons (Fsp3) is 0.391. The maximum absolute atomic E-state index is 12.9. The molecule has 8 heteroatoms. The van der Waals surface area contributed by atoms with E-state index in [1.54, 1.807) is 6.20 Å². The van der Waals surface area contributed by atoms with Crippen molar-refractivity contribution in [3.05, 3.63) is 42.6 Å². The smallest absolute Gasteiger partial charge is 0.227 e. The normalized spacial score (nSPS) is 19.5. The second-order valence-corrected chi connectivity index (χ2v) is 8.52. The minimum Gasteiger partial charge on any atom is -0.356 e. The van der Waals surface area contributed by atoms with Crippen LogP contribution in [0.3, 0.4) is 0 Å². The third-order valence-electron chi connectivity index (χ3n) is 6.50. The molecule has 6 rings (SSSR count). The molecule has 8 nitrogen and oxygen atoms in total. The van der Waals surface area contributed by atoms with Crippen LogP contribution in [0.5, 0.6) is 0 Å². The molecule has 1 N–H and O–H groups in total. The van der Waals surface area contributed by atoms with Gasteiger partial charge in [-0.2, -0.15) is 5.10 Å². The van der Waals surface area contributed by atoms with E-state index in [4.69, 9.17) is 9.97 Å². The maximum Gasteiger partial charge on any atom is 0.227 e. The van der Waals surface area contributed by atoms with Crippen molar-refractivity contribution in [1.29, 1.82) is 0 Å². The molecule has 1 amide bonds. The first-order valence-electron chi connectivity index (χ1n) is 11.1. The van der Waals surface area contributed by atoms with Gasteiger partial charge in [0.05, 0.1) is 17.6 Å². The third-order valence-corrected chi connectivity index (χ3v) is 6.50. The second-order valence-electron chi connectivity index (χ2n) is 8.52. The molecule has 2 fully saturated rings. The molecular weight excluding hydrogens is 390 g/mol. The number of nitrogens with zero attached hydrogens (tertiary/aromatic N) is 6. The Bertz CT molecular complexity index is 1250. The molecule has 158 valence electrons. The summed E-state index contributed by atoms with van der Waals surface area (Å²) in [5, 5.41) is 4.41. The number of likely N-dealkylation sites (tertiary alicyclic amines) is 1. The zero-order valence-electron chi connectivity index (χ0n) is 17.4. The van der Waals surface area contributed by atoms with Crippen molar-refractivity contribution in [2.24, 2.45) is 5.92 Å². The van der Waals surface area contributed by atoms with Crippen LogP contribution in [-0.4, -0.2) is 61.6 Å². The van der Waals surface area contributed by atoms with Crippen LogP contribution in [-0.2, 0) is 4.79 Å². The van der Waals surface area contributed by atoms with Gasteiger partial charge in [-0.15, -0.1) is 0 Å². The van der Waals surface area contributed by atoms with Crippen LogP contribution in [0.2, 0.25) is 0 Å². The average molecular weight is 416 g/mol. The molecule has 0 aliphatic carbocycles. The number of hydrogen-bond donors (Lipinski definition) is 1. The van der Waals surface area contributed by atoms with Crippen molar-refractivity contribution >= 4 is 28.4 Å². The highest BCUT2D eigenvalue weighted by Crippen LogP contribution is 2.27. The summed E-state index contributed by atoms with van der Waals surface area (Å²) in [5.74, 6) is 2.03. The van der Waals surface area contributed by atoms with E-state index < -0.39 is 0 Å². The number of fused-ring (bicyclic) bond motifs is 2. The van der Waals surface area contributed by atoms with Crippen LogP contribution < -0.4 is 4.90 Å². The second kappa shape index (κ2) is 7.37. The molecule has 0 radical (unpaired) electrons. The summed E-state index contributed by atoms with van der Waals surface area (Å²) in [5.41, 5.74) is 3.50. The summed E-state index contributed by atoms with van der Waals surface area (Å²) < 4.78 is 1.87. The highest BCUT2D eigenvalue weighted by Gasteiger charge is 2.31. The van der Waals surface area contributed by atoms with Crippen molar-refractivity contribution in [3.8, 4) is 11.5 Å². The number of rotatable bonds is 3. The Balaban J connectivity index is 1.28. The van der Waals surface area contributed by atoms with Crippen LogP contribution in [0.15, 0.2) is 42.6 Å². The lowest BCUT2D eigenvalue weighted by molar-refractivity contribution is -0.134. The van der Waals surface area contributed by atoms with Gasteiger partial charge in [-0.25, -0.2) is 14.5 Å². The number of pyridine rings is 2. The van der Waals surface area contributed by atoms with E-state index in [-0.39, 0.29) is 5.92 Å². The van der Waals surface area contributed by atoms with E-state index in [0.717, 1.165) is 85.9 Å². The van der Waals surface area contributed by atoms with Gasteiger partial charge < -0.3 is 14.8 Å². The quantitative estimate of drug-likeness (QED) is 0.556. The zero-order valence-corrected chi connectivity index (χ0v) is 17.4. The monoisotopic (exact) mass is 415 g/mol. The molecule has 31 heavy (non-hydrogen) atoms. The molecule has 4 aromatic rings. The Morgan fingerprint density at radius 1 is 1.00 bits per heavy atom. The molecule has 4 aromatic heterocycles. The van der Waals surface area contributed by atoms with Crippen molar-refractivity contribution < 1.29 is 4.79 Å². The molecule has 0 aromatic carbocycles. The van der Waals surface area contributed by atoms with Gasteiger partial charge in [-0.3, -0.25) is 4.79 Å². The van der Waals surface area contributed by atoms with Crippen LogP contribution in [0.1, 0.15) is 25.7 Å². The van der Waals surface area contributed by atoms with Gasteiger partial charge in [0.25, 0.3) is 0 Å². The van der Waals surface area contributed by atoms with Crippen LogP contribution in [0.25, 0.3) is 28.2 Å². The van der Waals surface area contributed by atoms with E-state index in [2.05, 4.69) is 15.0 Å². The number of carbonyl (C=O) groups is 1. The Morgan fingerprint density at radius 2 is 1.90 bits per heavy atom. The SMILES string of the molecule is O=C(C1CCCN(c2ccc3nc(-c4cccc5ccnn45)[nH]c3n2)C1)N1CCCC1. The van der Waals surface area contributed by atoms with E-state index in [1.165, 1.54) is 0 Å². The molecule has 2 aliphatic rings. The molecule has 1 unspecified atom stereocenters. The summed E-state index contributed by atoms with van der Waals surface area (Å²) in [6.45, 7) is 3.50. The number of piperidine rings is 1. The summed E-state index contributed by atoms with van der Waals surface area (Å²) in [7, 11) is 0. The maximum atomic E-state index is 12.9. The minimum absolute atomic E-state index is 0.0686. The van der Waals surface area contributed by atoms with Gasteiger partial charge in [-0.05, 0) is 56.0 Å². The predicted octanol–water partition coefficient (Wildman–Crippen LogP) is 3.11. The fourth-order valence-corrected chi connectivity index (χ4v) is 4.89. The first-order valence-corrected chi connectivity index (χ1v) is 11.1. The highest BCUT2D eigenvalue weighted by atomic mass is 16.2. The largest absolute Gasteiger partial charge is 0.356 e. The molecular formula is C23H25N7O. The van der Waals surface area contributed by atoms with E-state index in [9.17, 15) is 4.79 Å². The number of aromatic nitrogens is 5. The first kappa shape index (κ1) is 18.4. The minimum atomic E-state index is 0.0686. The Morgan fingerprint density at radius 3 is 2.81 bits per heavy atom. The molecule has 0 spiro atoms. The predicted molar refractivity (Wildman–Crippen MR) is 119 cm³/mol. The molecule has 0 saturated carbocycles. The van der Waals surface area contributed by atoms with Gasteiger partial charge in [0.2, 0.25) is 5.91 Å². The number of amides is 1. The van der Waals surface area contributed by atoms with Crippen LogP contribution in [0, 0.1) is 5.92 Å². The average Bonchev–Trinajstić information content (AvgIpc) is 3.58. The van der Waals surface area contributed by atoms with Crippen molar-refractivity contribution in [3.63, 3.8) is 0 Å². The van der Waals surface area contributed by atoms with Crippen molar-refractivity contribution in [1.82, 2.24) is 29.5 Å². The number of nitrogens with one attached hydrogen (secondary N) is 1. The van der Waals surface area contributed by atoms with Crippen LogP contribution >= 0.6 is 0 Å². The standard InChI is InChI=1S/C23H25N7O/c31-23(28-12-1-2-13-28)16-5-4-14-29(15-16)20-9-8-18-21(26-20)27-22(25-18)19-7-3-6-17-10-11-24-30(17)19/h3,6-11,16H,1-2,4-5,12-15H2,(H,25,26,27). The topological polar surface area (TPSA) is 82.4 Å². The lowest BCUT2D eigenvalue weighted by Gasteiger charge is -2.34. The van der Waals surface area contributed by atoms with Crippen molar-refractivity contribution in [2.45, 2.75) is 25.7 Å². The number of anilines is 1. The van der Waals surface area contributed by atoms with E-state index in [1.807, 2.05) is 45.8 Å². The van der Waals surface area contributed by atoms with Gasteiger partial charge >= 0.3 is 0 Å². The summed E-state index contributed by atoms with van der Waals surface area (Å²) in [6, 6.07) is 12.0. The number of H-pyrrole nitrogens is 1. The summed E-state index contributed by atoms with van der Waals surface area (Å²) in [4.78, 5) is 30.1. The fourth-order valence-electron chi connectivity index (χ4n) is 4.89. The van der Waals surface area contributed by atoms with E-state index >= 15 is 0 Å². The number of carbonyl (C=O) groups excluding carboxylic acids is 1. The van der Waals surface area contributed by atoms with Gasteiger partial charge in [0, 0.05) is 26.2 Å². The Kier molecular flexibility index (Phi) is 4.36. The summed E-state index contributed by atoms with van der Waals surface area (Å²) >= 11 is 0. The zero-order chi connectivity index (χ0) is 20.8. The van der Waals surface area contributed by atoms with E-state index in [0.29, 0.717) is 5.91 Å². The number of imidazole rings is 1. The lowest BCUT2D eigenvalue weighted by atomic mass is 9.96. The summed E-state index contributed by atoms with van der Waals surface area (Å²) in [6.07, 6.45) is 6.04. The number of aromatic amines is 1. The third kappa shape index (κ3) is 3.22. The van der Waals surface area contributed by atoms with Gasteiger partial charge in [0.15, 0.2) is 11.5 Å². The lowest BCUT2D eigenvalue weighted by Crippen LogP contribution is -2.44. The Hall–Kier alpha value is -3.42. The Labute approximate surface area is 179 Å². The van der Waals surface area contributed by atoms with Crippen LogP contribution in [0.4, 0.5) is 5.82 Å². The molecule has 2 saturated heterocycles. The van der Waals surface area contributed by atoms with Gasteiger partial charge in [-0.1, -0.05) is 6.07 Å².